The van der Waals surface area contributed by atoms with Gasteiger partial charge < -0.3 is 5.32 Å². The number of alkyl halides is 1. The second-order valence-electron chi connectivity index (χ2n) is 5.10. The first-order valence-electron chi connectivity index (χ1n) is 6.88. The molecule has 1 unspecified atom stereocenters. The first-order valence-corrected chi connectivity index (χ1v) is 9.02. The number of aryl methyl sites for hydroxylation is 1. The zero-order valence-electron chi connectivity index (χ0n) is 11.7. The number of halogens is 1. The van der Waals surface area contributed by atoms with Crippen molar-refractivity contribution in [1.29, 1.82) is 0 Å². The fraction of sp³-hybridized carbons (Fsp3) is 0.235. The Morgan fingerprint density at radius 1 is 1.10 bits per heavy atom. The van der Waals surface area contributed by atoms with Gasteiger partial charge in [-0.3, -0.25) is 4.79 Å². The molecule has 3 rings (SSSR count). The normalized spacial score (nSPS) is 15.2. The monoisotopic (exact) mass is 361 g/mol. The van der Waals surface area contributed by atoms with Gasteiger partial charge in [-0.2, -0.15) is 0 Å². The van der Waals surface area contributed by atoms with E-state index in [2.05, 4.69) is 63.9 Å². The minimum absolute atomic E-state index is 0.110. The Morgan fingerprint density at radius 2 is 1.81 bits per heavy atom. The van der Waals surface area contributed by atoms with E-state index < -0.39 is 0 Å². The van der Waals surface area contributed by atoms with Crippen molar-refractivity contribution < 1.29 is 4.79 Å². The summed E-state index contributed by atoms with van der Waals surface area (Å²) in [5, 5.41) is 2.92. The molecule has 2 aromatic rings. The van der Waals surface area contributed by atoms with Crippen LogP contribution in [0.4, 0.5) is 5.69 Å². The highest BCUT2D eigenvalue weighted by Crippen LogP contribution is 2.34. The van der Waals surface area contributed by atoms with Crippen LogP contribution in [-0.4, -0.2) is 12.2 Å². The summed E-state index contributed by atoms with van der Waals surface area (Å²) < 4.78 is 0. The summed E-state index contributed by atoms with van der Waals surface area (Å²) in [6, 6.07) is 14.9. The number of hydrogen-bond acceptors (Lipinski definition) is 2. The molecule has 1 aliphatic rings. The molecule has 0 fully saturated rings. The zero-order chi connectivity index (χ0) is 14.8. The Balaban J connectivity index is 1.87. The number of thioether (sulfide) groups is 1. The number of anilines is 1. The van der Waals surface area contributed by atoms with E-state index in [0.29, 0.717) is 6.42 Å². The first-order chi connectivity index (χ1) is 10.2. The van der Waals surface area contributed by atoms with Crippen molar-refractivity contribution >= 4 is 39.3 Å². The maximum absolute atomic E-state index is 11.4. The van der Waals surface area contributed by atoms with Crippen molar-refractivity contribution in [3.05, 3.63) is 59.2 Å². The van der Waals surface area contributed by atoms with E-state index in [4.69, 9.17) is 0 Å². The lowest BCUT2D eigenvalue weighted by atomic mass is 9.97. The molecule has 1 N–H and O–H groups in total. The Labute approximate surface area is 137 Å². The highest BCUT2D eigenvalue weighted by Gasteiger charge is 2.17. The minimum Gasteiger partial charge on any atom is -0.326 e. The predicted octanol–water partition coefficient (Wildman–Crippen LogP) is 4.78. The summed E-state index contributed by atoms with van der Waals surface area (Å²) in [4.78, 5) is 12.9. The zero-order valence-corrected chi connectivity index (χ0v) is 14.1. The molecule has 0 aliphatic carbocycles. The van der Waals surface area contributed by atoms with Crippen LogP contribution in [0.3, 0.4) is 0 Å². The molecule has 2 aromatic carbocycles. The number of amides is 1. The van der Waals surface area contributed by atoms with Crippen molar-refractivity contribution in [2.75, 3.05) is 11.6 Å². The molecule has 0 saturated heterocycles. The molecule has 0 bridgehead atoms. The molecule has 1 atom stereocenters. The van der Waals surface area contributed by atoms with Gasteiger partial charge >= 0.3 is 0 Å². The quantitative estimate of drug-likeness (QED) is 0.629. The fourth-order valence-corrected chi connectivity index (χ4v) is 3.52. The summed E-state index contributed by atoms with van der Waals surface area (Å²) in [7, 11) is 0. The summed E-state index contributed by atoms with van der Waals surface area (Å²) >= 11 is 5.53. The second kappa shape index (κ2) is 6.24. The highest BCUT2D eigenvalue weighted by molar-refractivity contribution is 9.09. The van der Waals surface area contributed by atoms with E-state index in [0.717, 1.165) is 12.1 Å². The van der Waals surface area contributed by atoms with Crippen LogP contribution in [0.2, 0.25) is 0 Å². The third kappa shape index (κ3) is 3.16. The molecule has 0 aromatic heterocycles. The molecular weight excluding hydrogens is 346 g/mol. The van der Waals surface area contributed by atoms with Gasteiger partial charge in [-0.1, -0.05) is 40.2 Å². The third-order valence-electron chi connectivity index (χ3n) is 3.73. The van der Waals surface area contributed by atoms with Crippen molar-refractivity contribution in [1.82, 2.24) is 0 Å². The van der Waals surface area contributed by atoms with Crippen LogP contribution < -0.4 is 5.32 Å². The second-order valence-corrected chi connectivity index (χ2v) is 6.90. The number of nitrogens with one attached hydrogen (secondary N) is 1. The fourth-order valence-electron chi connectivity index (χ4n) is 2.53. The van der Waals surface area contributed by atoms with Crippen LogP contribution in [0.25, 0.3) is 0 Å². The van der Waals surface area contributed by atoms with Crippen molar-refractivity contribution in [3.8, 4) is 0 Å². The van der Waals surface area contributed by atoms with Gasteiger partial charge in [0, 0.05) is 17.0 Å². The largest absolute Gasteiger partial charge is 0.326 e. The van der Waals surface area contributed by atoms with Gasteiger partial charge in [0.25, 0.3) is 0 Å². The van der Waals surface area contributed by atoms with Crippen LogP contribution in [0.5, 0.6) is 0 Å². The molecule has 0 spiro atoms. The topological polar surface area (TPSA) is 29.1 Å². The van der Waals surface area contributed by atoms with Crippen LogP contribution in [-0.2, 0) is 11.2 Å². The van der Waals surface area contributed by atoms with E-state index in [1.165, 1.54) is 21.6 Å². The van der Waals surface area contributed by atoms with Crippen LogP contribution >= 0.6 is 27.7 Å². The van der Waals surface area contributed by atoms with Gasteiger partial charge in [-0.25, -0.2) is 0 Å². The minimum atomic E-state index is 0.110. The van der Waals surface area contributed by atoms with E-state index in [9.17, 15) is 4.79 Å². The molecule has 4 heteroatoms. The van der Waals surface area contributed by atoms with Gasteiger partial charge in [-0.05, 0) is 47.6 Å². The number of carbonyl (C=O) groups excluding carboxylic acids is 1. The molecule has 1 heterocycles. The molecule has 2 nitrogen and oxygen atoms in total. The number of benzene rings is 2. The number of hydrogen-bond donors (Lipinski definition) is 1. The van der Waals surface area contributed by atoms with Gasteiger partial charge in [-0.15, -0.1) is 11.8 Å². The molecule has 1 amide bonds. The standard InChI is InChI=1S/C17H16BrNOS/c1-21-14-6-2-11(3-7-14)17(18)13-4-8-15-12(10-13)5-9-16(20)19-15/h2-4,6-8,10,17H,5,9H2,1H3,(H,19,20). The lowest BCUT2D eigenvalue weighted by molar-refractivity contribution is -0.116. The molecular formula is C17H16BrNOS. The van der Waals surface area contributed by atoms with Gasteiger partial charge in [0.2, 0.25) is 5.91 Å². The average Bonchev–Trinajstić information content (AvgIpc) is 2.53. The van der Waals surface area contributed by atoms with E-state index in [1.54, 1.807) is 11.8 Å². The lowest BCUT2D eigenvalue weighted by Gasteiger charge is -2.19. The summed E-state index contributed by atoms with van der Waals surface area (Å²) in [6.45, 7) is 0. The van der Waals surface area contributed by atoms with Crippen LogP contribution in [0.15, 0.2) is 47.4 Å². The smallest absolute Gasteiger partial charge is 0.224 e. The molecule has 0 saturated carbocycles. The van der Waals surface area contributed by atoms with E-state index in [-0.39, 0.29) is 10.7 Å². The van der Waals surface area contributed by atoms with Crippen LogP contribution in [0, 0.1) is 0 Å². The average molecular weight is 362 g/mol. The molecule has 108 valence electrons. The summed E-state index contributed by atoms with van der Waals surface area (Å²) in [5.41, 5.74) is 4.64. The van der Waals surface area contributed by atoms with E-state index >= 15 is 0 Å². The summed E-state index contributed by atoms with van der Waals surface area (Å²) in [6.07, 6.45) is 3.48. The Hall–Kier alpha value is -1.26. The molecule has 1 aliphatic heterocycles. The maximum Gasteiger partial charge on any atom is 0.224 e. The molecule has 0 radical (unpaired) electrons. The van der Waals surface area contributed by atoms with Gasteiger partial charge in [0.15, 0.2) is 0 Å². The number of carbonyl (C=O) groups is 1. The van der Waals surface area contributed by atoms with Crippen molar-refractivity contribution in [3.63, 3.8) is 0 Å². The predicted molar refractivity (Wildman–Crippen MR) is 92.4 cm³/mol. The first kappa shape index (κ1) is 14.7. The third-order valence-corrected chi connectivity index (χ3v) is 5.53. The number of rotatable bonds is 3. The molecule has 21 heavy (non-hydrogen) atoms. The van der Waals surface area contributed by atoms with Gasteiger partial charge in [0.05, 0.1) is 4.83 Å². The number of fused-ring (bicyclic) bond motifs is 1. The van der Waals surface area contributed by atoms with Crippen molar-refractivity contribution in [2.24, 2.45) is 0 Å². The van der Waals surface area contributed by atoms with Gasteiger partial charge in [0.1, 0.15) is 0 Å². The van der Waals surface area contributed by atoms with E-state index in [1.807, 2.05) is 6.07 Å². The Kier molecular flexibility index (Phi) is 4.36. The van der Waals surface area contributed by atoms with Crippen molar-refractivity contribution in [2.45, 2.75) is 22.6 Å². The highest BCUT2D eigenvalue weighted by atomic mass is 79.9. The lowest BCUT2D eigenvalue weighted by Crippen LogP contribution is -2.19. The Bertz CT molecular complexity index is 669. The Morgan fingerprint density at radius 3 is 2.52 bits per heavy atom. The summed E-state index contributed by atoms with van der Waals surface area (Å²) in [5.74, 6) is 0.110. The SMILES string of the molecule is CSc1ccc(C(Br)c2ccc3c(c2)CCC(=O)N3)cc1. The van der Waals surface area contributed by atoms with Crippen LogP contribution in [0.1, 0.15) is 27.9 Å². The maximum atomic E-state index is 11.4.